The molecule has 0 bridgehead atoms. The van der Waals surface area contributed by atoms with Crippen LogP contribution >= 0.6 is 0 Å². The van der Waals surface area contributed by atoms with Crippen molar-refractivity contribution < 1.29 is 38.1 Å². The molecule has 8 heteroatoms. The van der Waals surface area contributed by atoms with Gasteiger partial charge in [-0.2, -0.15) is 0 Å². The molecule has 2 aromatic rings. The van der Waals surface area contributed by atoms with Crippen molar-refractivity contribution >= 4 is 23.7 Å². The standard InChI is InChI=1S/C21H18O8/c1-11(22)26-15-6-4-14(5-7-15)19-10-18(25)17-8-16(27-12(2)23)9-20(21(17)29-19)28-13(3)24/h4-9,19H,10H2,1-3H3/t19-/m1/s1. The van der Waals surface area contributed by atoms with Crippen LogP contribution < -0.4 is 18.9 Å². The van der Waals surface area contributed by atoms with Gasteiger partial charge in [-0.3, -0.25) is 19.2 Å². The molecule has 0 aromatic heterocycles. The Bertz CT molecular complexity index is 990. The predicted molar refractivity (Wildman–Crippen MR) is 99.1 cm³/mol. The van der Waals surface area contributed by atoms with Gasteiger partial charge < -0.3 is 18.9 Å². The Balaban J connectivity index is 1.95. The summed E-state index contributed by atoms with van der Waals surface area (Å²) in [6.45, 7) is 3.73. The fourth-order valence-electron chi connectivity index (χ4n) is 2.93. The van der Waals surface area contributed by atoms with Crippen molar-refractivity contribution in [3.8, 4) is 23.0 Å². The molecule has 8 nitrogen and oxygen atoms in total. The Morgan fingerprint density at radius 3 is 2.03 bits per heavy atom. The van der Waals surface area contributed by atoms with Crippen LogP contribution in [-0.2, 0) is 14.4 Å². The van der Waals surface area contributed by atoms with Crippen LogP contribution in [0.25, 0.3) is 0 Å². The maximum Gasteiger partial charge on any atom is 0.308 e. The van der Waals surface area contributed by atoms with Crippen LogP contribution in [0.3, 0.4) is 0 Å². The minimum absolute atomic E-state index is 0.0131. The highest BCUT2D eigenvalue weighted by atomic mass is 16.6. The normalized spacial score (nSPS) is 15.0. The van der Waals surface area contributed by atoms with E-state index >= 15 is 0 Å². The first-order valence-electron chi connectivity index (χ1n) is 8.76. The second-order valence-corrected chi connectivity index (χ2v) is 6.38. The van der Waals surface area contributed by atoms with Crippen LogP contribution in [0.1, 0.15) is 49.2 Å². The Morgan fingerprint density at radius 2 is 1.45 bits per heavy atom. The number of ether oxygens (including phenoxy) is 4. The lowest BCUT2D eigenvalue weighted by atomic mass is 9.95. The molecule has 1 atom stereocenters. The number of hydrogen-bond donors (Lipinski definition) is 0. The molecule has 0 amide bonds. The van der Waals surface area contributed by atoms with Crippen LogP contribution in [0.2, 0.25) is 0 Å². The van der Waals surface area contributed by atoms with Gasteiger partial charge in [0.15, 0.2) is 17.3 Å². The number of Topliss-reactive ketones (excluding diaryl/α,β-unsaturated/α-hetero) is 1. The first-order chi connectivity index (χ1) is 13.7. The van der Waals surface area contributed by atoms with Crippen LogP contribution in [0.5, 0.6) is 23.0 Å². The van der Waals surface area contributed by atoms with Gasteiger partial charge in [-0.05, 0) is 23.8 Å². The maximum absolute atomic E-state index is 12.7. The van der Waals surface area contributed by atoms with E-state index in [-0.39, 0.29) is 35.0 Å². The number of esters is 3. The highest BCUT2D eigenvalue weighted by molar-refractivity contribution is 6.01. The zero-order chi connectivity index (χ0) is 21.1. The predicted octanol–water partition coefficient (Wildman–Crippen LogP) is 3.17. The van der Waals surface area contributed by atoms with Gasteiger partial charge >= 0.3 is 17.9 Å². The molecule has 0 unspecified atom stereocenters. The van der Waals surface area contributed by atoms with Crippen molar-refractivity contribution in [2.45, 2.75) is 33.3 Å². The SMILES string of the molecule is CC(=O)Oc1ccc([C@H]2CC(=O)c3cc(OC(C)=O)cc(OC(C)=O)c3O2)cc1. The molecule has 0 fully saturated rings. The van der Waals surface area contributed by atoms with Crippen LogP contribution in [0.15, 0.2) is 36.4 Å². The minimum Gasteiger partial charge on any atom is -0.481 e. The lowest BCUT2D eigenvalue weighted by molar-refractivity contribution is -0.133. The first kappa shape index (κ1) is 20.1. The molecular weight excluding hydrogens is 380 g/mol. The monoisotopic (exact) mass is 398 g/mol. The molecular formula is C21H18O8. The van der Waals surface area contributed by atoms with E-state index in [1.807, 2.05) is 0 Å². The van der Waals surface area contributed by atoms with Gasteiger partial charge in [0.25, 0.3) is 0 Å². The lowest BCUT2D eigenvalue weighted by Crippen LogP contribution is -2.22. The van der Waals surface area contributed by atoms with Gasteiger partial charge in [0, 0.05) is 26.8 Å². The second-order valence-electron chi connectivity index (χ2n) is 6.38. The van der Waals surface area contributed by atoms with Gasteiger partial charge in [-0.25, -0.2) is 0 Å². The van der Waals surface area contributed by atoms with E-state index in [0.717, 1.165) is 0 Å². The number of ketones is 1. The molecule has 0 aliphatic carbocycles. The summed E-state index contributed by atoms with van der Waals surface area (Å²) in [5.41, 5.74) is 0.838. The lowest BCUT2D eigenvalue weighted by Gasteiger charge is -2.27. The molecule has 3 rings (SSSR count). The van der Waals surface area contributed by atoms with E-state index in [4.69, 9.17) is 18.9 Å². The van der Waals surface area contributed by atoms with Gasteiger partial charge in [0.05, 0.1) is 12.0 Å². The molecule has 150 valence electrons. The number of hydrogen-bond acceptors (Lipinski definition) is 8. The zero-order valence-electron chi connectivity index (χ0n) is 16.0. The van der Waals surface area contributed by atoms with E-state index in [0.29, 0.717) is 11.3 Å². The van der Waals surface area contributed by atoms with E-state index in [1.54, 1.807) is 24.3 Å². The number of fused-ring (bicyclic) bond motifs is 1. The summed E-state index contributed by atoms with van der Waals surface area (Å²) in [6.07, 6.45) is -0.599. The second kappa shape index (κ2) is 8.14. The van der Waals surface area contributed by atoms with Gasteiger partial charge in [-0.15, -0.1) is 0 Å². The minimum atomic E-state index is -0.629. The third-order valence-electron chi connectivity index (χ3n) is 3.99. The fourth-order valence-corrected chi connectivity index (χ4v) is 2.93. The Morgan fingerprint density at radius 1 is 0.862 bits per heavy atom. The van der Waals surface area contributed by atoms with E-state index in [1.165, 1.54) is 32.9 Å². The van der Waals surface area contributed by atoms with Crippen molar-refractivity contribution in [3.05, 3.63) is 47.5 Å². The Kier molecular flexibility index (Phi) is 5.63. The van der Waals surface area contributed by atoms with E-state index < -0.39 is 24.0 Å². The topological polar surface area (TPSA) is 105 Å². The van der Waals surface area contributed by atoms with Crippen molar-refractivity contribution in [2.75, 3.05) is 0 Å². The summed E-state index contributed by atoms with van der Waals surface area (Å²) in [6, 6.07) is 9.25. The summed E-state index contributed by atoms with van der Waals surface area (Å²) in [5.74, 6) is -1.36. The molecule has 0 saturated heterocycles. The summed E-state index contributed by atoms with van der Waals surface area (Å²) in [5, 5.41) is 0. The van der Waals surface area contributed by atoms with Crippen LogP contribution in [0, 0.1) is 0 Å². The Hall–Kier alpha value is -3.68. The maximum atomic E-state index is 12.7. The van der Waals surface area contributed by atoms with Crippen molar-refractivity contribution in [1.29, 1.82) is 0 Å². The summed E-state index contributed by atoms with van der Waals surface area (Å²) < 4.78 is 21.1. The van der Waals surface area contributed by atoms with E-state index in [2.05, 4.69) is 0 Å². The van der Waals surface area contributed by atoms with Crippen LogP contribution in [0.4, 0.5) is 0 Å². The number of benzene rings is 2. The van der Waals surface area contributed by atoms with Crippen LogP contribution in [-0.4, -0.2) is 23.7 Å². The van der Waals surface area contributed by atoms with E-state index in [9.17, 15) is 19.2 Å². The molecule has 0 spiro atoms. The molecule has 0 radical (unpaired) electrons. The smallest absolute Gasteiger partial charge is 0.308 e. The first-order valence-corrected chi connectivity index (χ1v) is 8.76. The molecule has 1 aliphatic rings. The summed E-state index contributed by atoms with van der Waals surface area (Å²) >= 11 is 0. The fraction of sp³-hybridized carbons (Fsp3) is 0.238. The summed E-state index contributed by atoms with van der Waals surface area (Å²) in [7, 11) is 0. The quantitative estimate of drug-likeness (QED) is 0.571. The molecule has 1 aliphatic heterocycles. The average Bonchev–Trinajstić information content (AvgIpc) is 2.61. The van der Waals surface area contributed by atoms with Crippen molar-refractivity contribution in [1.82, 2.24) is 0 Å². The zero-order valence-corrected chi connectivity index (χ0v) is 16.0. The van der Waals surface area contributed by atoms with Gasteiger partial charge in [0.2, 0.25) is 0 Å². The van der Waals surface area contributed by atoms with Gasteiger partial charge in [0.1, 0.15) is 17.6 Å². The third-order valence-corrected chi connectivity index (χ3v) is 3.99. The molecule has 0 N–H and O–H groups in total. The van der Waals surface area contributed by atoms with Crippen molar-refractivity contribution in [3.63, 3.8) is 0 Å². The molecule has 0 saturated carbocycles. The summed E-state index contributed by atoms with van der Waals surface area (Å²) in [4.78, 5) is 46.5. The molecule has 29 heavy (non-hydrogen) atoms. The average molecular weight is 398 g/mol. The molecule has 2 aromatic carbocycles. The Labute approximate surface area is 166 Å². The highest BCUT2D eigenvalue weighted by Gasteiger charge is 2.32. The number of carbonyl (C=O) groups excluding carboxylic acids is 4. The third kappa shape index (κ3) is 4.78. The highest BCUT2D eigenvalue weighted by Crippen LogP contribution is 2.44. The number of carbonyl (C=O) groups is 4. The van der Waals surface area contributed by atoms with Gasteiger partial charge in [-0.1, -0.05) is 12.1 Å². The largest absolute Gasteiger partial charge is 0.481 e. The molecule has 1 heterocycles. The number of rotatable bonds is 4. The van der Waals surface area contributed by atoms with Crippen molar-refractivity contribution in [2.24, 2.45) is 0 Å².